The van der Waals surface area contributed by atoms with Crippen LogP contribution in [0.25, 0.3) is 0 Å². The van der Waals surface area contributed by atoms with Crippen LogP contribution in [0, 0.1) is 11.3 Å². The van der Waals surface area contributed by atoms with Crippen LogP contribution >= 0.6 is 11.6 Å². The third-order valence-electron chi connectivity index (χ3n) is 2.97. The second-order valence-electron chi connectivity index (χ2n) is 4.88. The minimum absolute atomic E-state index is 0.299. The molecule has 0 aromatic heterocycles. The average molecular weight is 204 g/mol. The summed E-state index contributed by atoms with van der Waals surface area (Å²) in [5.41, 5.74) is 0.363. The van der Waals surface area contributed by atoms with E-state index >= 15 is 0 Å². The van der Waals surface area contributed by atoms with Gasteiger partial charge in [-0.15, -0.1) is 0 Å². The molecule has 2 nitrogen and oxygen atoms in total. The number of piperidine rings is 1. The molecule has 0 unspecified atom stereocenters. The molecule has 0 bridgehead atoms. The molecule has 0 radical (unpaired) electrons. The molecule has 0 spiro atoms. The molecule has 0 N–H and O–H groups in total. The molecule has 0 aromatic rings. The van der Waals surface area contributed by atoms with Gasteiger partial charge in [-0.1, -0.05) is 20.8 Å². The molecule has 13 heavy (non-hydrogen) atoms. The molecule has 1 aliphatic heterocycles. The standard InChI is InChI=1S/C10H18ClNO/c1-10(2,3)8-4-6-12(7-5-8)9(11)13/h8H,4-7H2,1-3H3. The molecule has 1 amide bonds. The third kappa shape index (κ3) is 2.87. The molecular formula is C10H18ClNO. The second-order valence-corrected chi connectivity index (χ2v) is 5.20. The minimum atomic E-state index is -0.299. The van der Waals surface area contributed by atoms with E-state index in [-0.39, 0.29) is 5.37 Å². The molecule has 0 aromatic carbocycles. The lowest BCUT2D eigenvalue weighted by atomic mass is 9.75. The fourth-order valence-corrected chi connectivity index (χ4v) is 2.09. The van der Waals surface area contributed by atoms with Gasteiger partial charge in [0.05, 0.1) is 0 Å². The summed E-state index contributed by atoms with van der Waals surface area (Å²) >= 11 is 5.41. The molecule has 1 rings (SSSR count). The van der Waals surface area contributed by atoms with Crippen molar-refractivity contribution in [1.82, 2.24) is 4.90 Å². The molecule has 76 valence electrons. The molecule has 0 saturated carbocycles. The maximum atomic E-state index is 10.8. The first kappa shape index (κ1) is 10.8. The molecule has 0 atom stereocenters. The van der Waals surface area contributed by atoms with Crippen molar-refractivity contribution in [2.45, 2.75) is 33.6 Å². The maximum Gasteiger partial charge on any atom is 0.316 e. The Morgan fingerprint density at radius 3 is 2.08 bits per heavy atom. The van der Waals surface area contributed by atoms with Crippen molar-refractivity contribution in [2.24, 2.45) is 11.3 Å². The van der Waals surface area contributed by atoms with Crippen LogP contribution < -0.4 is 0 Å². The zero-order valence-corrected chi connectivity index (χ0v) is 9.40. The van der Waals surface area contributed by atoms with Crippen molar-refractivity contribution >= 4 is 17.0 Å². The first-order chi connectivity index (χ1) is 5.91. The van der Waals surface area contributed by atoms with E-state index in [1.54, 1.807) is 4.90 Å². The molecule has 1 heterocycles. The van der Waals surface area contributed by atoms with Crippen LogP contribution in [0.3, 0.4) is 0 Å². The predicted molar refractivity (Wildman–Crippen MR) is 55.0 cm³/mol. The Hall–Kier alpha value is -0.240. The zero-order chi connectivity index (χ0) is 10.1. The van der Waals surface area contributed by atoms with Crippen molar-refractivity contribution in [3.63, 3.8) is 0 Å². The van der Waals surface area contributed by atoms with Gasteiger partial charge in [0.15, 0.2) is 0 Å². The molecule has 3 heteroatoms. The summed E-state index contributed by atoms with van der Waals surface area (Å²) in [7, 11) is 0. The topological polar surface area (TPSA) is 20.3 Å². The number of carbonyl (C=O) groups excluding carboxylic acids is 1. The van der Waals surface area contributed by atoms with Gasteiger partial charge in [-0.3, -0.25) is 4.79 Å². The van der Waals surface area contributed by atoms with E-state index in [4.69, 9.17) is 11.6 Å². The summed E-state index contributed by atoms with van der Waals surface area (Å²) in [6.45, 7) is 8.43. The van der Waals surface area contributed by atoms with Gasteiger partial charge < -0.3 is 4.90 Å². The summed E-state index contributed by atoms with van der Waals surface area (Å²) < 4.78 is 0. The zero-order valence-electron chi connectivity index (χ0n) is 8.64. The highest BCUT2D eigenvalue weighted by molar-refractivity contribution is 6.62. The van der Waals surface area contributed by atoms with E-state index in [2.05, 4.69) is 20.8 Å². The molecule has 1 fully saturated rings. The van der Waals surface area contributed by atoms with Crippen LogP contribution in [0.1, 0.15) is 33.6 Å². The number of hydrogen-bond acceptors (Lipinski definition) is 1. The van der Waals surface area contributed by atoms with Gasteiger partial charge >= 0.3 is 5.37 Å². The number of carbonyl (C=O) groups is 1. The molecule has 1 saturated heterocycles. The first-order valence-electron chi connectivity index (χ1n) is 4.85. The van der Waals surface area contributed by atoms with Gasteiger partial charge in [-0.25, -0.2) is 0 Å². The average Bonchev–Trinajstić information content (AvgIpc) is 2.03. The fraction of sp³-hybridized carbons (Fsp3) is 0.900. The van der Waals surface area contributed by atoms with Crippen LogP contribution in [0.4, 0.5) is 4.79 Å². The lowest BCUT2D eigenvalue weighted by Gasteiger charge is -2.37. The molecular weight excluding hydrogens is 186 g/mol. The van der Waals surface area contributed by atoms with Crippen LogP contribution in [-0.2, 0) is 0 Å². The summed E-state index contributed by atoms with van der Waals surface area (Å²) in [5, 5.41) is -0.299. The number of likely N-dealkylation sites (tertiary alicyclic amines) is 1. The van der Waals surface area contributed by atoms with Crippen LogP contribution in [0.15, 0.2) is 0 Å². The second kappa shape index (κ2) is 3.87. The van der Waals surface area contributed by atoms with E-state index in [1.165, 1.54) is 0 Å². The number of hydrogen-bond donors (Lipinski definition) is 0. The van der Waals surface area contributed by atoms with Gasteiger partial charge in [0.1, 0.15) is 0 Å². The number of halogens is 1. The number of rotatable bonds is 0. The van der Waals surface area contributed by atoms with Crippen LogP contribution in [0.5, 0.6) is 0 Å². The molecule has 1 aliphatic rings. The van der Waals surface area contributed by atoms with Crippen LogP contribution in [-0.4, -0.2) is 23.4 Å². The highest BCUT2D eigenvalue weighted by atomic mass is 35.5. The van der Waals surface area contributed by atoms with Crippen molar-refractivity contribution in [2.75, 3.05) is 13.1 Å². The van der Waals surface area contributed by atoms with Crippen molar-refractivity contribution in [3.05, 3.63) is 0 Å². The third-order valence-corrected chi connectivity index (χ3v) is 3.21. The minimum Gasteiger partial charge on any atom is -0.329 e. The Labute approximate surface area is 85.2 Å². The Bertz CT molecular complexity index is 190. The highest BCUT2D eigenvalue weighted by Gasteiger charge is 2.29. The summed E-state index contributed by atoms with van der Waals surface area (Å²) in [6.07, 6.45) is 2.17. The largest absolute Gasteiger partial charge is 0.329 e. The maximum absolute atomic E-state index is 10.8. The summed E-state index contributed by atoms with van der Waals surface area (Å²) in [5.74, 6) is 0.722. The normalized spacial score (nSPS) is 20.5. The SMILES string of the molecule is CC(C)(C)C1CCN(C(=O)Cl)CC1. The van der Waals surface area contributed by atoms with Gasteiger partial charge in [-0.05, 0) is 35.8 Å². The Morgan fingerprint density at radius 1 is 1.31 bits per heavy atom. The van der Waals surface area contributed by atoms with E-state index in [0.29, 0.717) is 5.41 Å². The Kier molecular flexibility index (Phi) is 3.23. The first-order valence-corrected chi connectivity index (χ1v) is 5.23. The van der Waals surface area contributed by atoms with Gasteiger partial charge in [-0.2, -0.15) is 0 Å². The monoisotopic (exact) mass is 203 g/mol. The van der Waals surface area contributed by atoms with Gasteiger partial charge in [0.2, 0.25) is 0 Å². The fourth-order valence-electron chi connectivity index (χ4n) is 1.92. The van der Waals surface area contributed by atoms with E-state index < -0.39 is 0 Å². The summed E-state index contributed by atoms with van der Waals surface area (Å²) in [6, 6.07) is 0. The van der Waals surface area contributed by atoms with Gasteiger partial charge in [0.25, 0.3) is 0 Å². The number of nitrogens with zero attached hydrogens (tertiary/aromatic N) is 1. The van der Waals surface area contributed by atoms with Gasteiger partial charge in [0, 0.05) is 13.1 Å². The van der Waals surface area contributed by atoms with E-state index in [1.807, 2.05) is 0 Å². The van der Waals surface area contributed by atoms with Crippen molar-refractivity contribution in [3.8, 4) is 0 Å². The van der Waals surface area contributed by atoms with Crippen LogP contribution in [0.2, 0.25) is 0 Å². The lowest BCUT2D eigenvalue weighted by Crippen LogP contribution is -2.39. The van der Waals surface area contributed by atoms with Crippen molar-refractivity contribution < 1.29 is 4.79 Å². The number of amides is 1. The van der Waals surface area contributed by atoms with Crippen molar-refractivity contribution in [1.29, 1.82) is 0 Å². The smallest absolute Gasteiger partial charge is 0.316 e. The Balaban J connectivity index is 2.44. The predicted octanol–water partition coefficient (Wildman–Crippen LogP) is 3.10. The Morgan fingerprint density at radius 2 is 1.77 bits per heavy atom. The summed E-state index contributed by atoms with van der Waals surface area (Å²) in [4.78, 5) is 12.6. The van der Waals surface area contributed by atoms with E-state index in [0.717, 1.165) is 31.8 Å². The molecule has 0 aliphatic carbocycles. The van der Waals surface area contributed by atoms with E-state index in [9.17, 15) is 4.79 Å². The lowest BCUT2D eigenvalue weighted by molar-refractivity contribution is 0.132. The quantitative estimate of drug-likeness (QED) is 0.438. The highest BCUT2D eigenvalue weighted by Crippen LogP contribution is 2.34.